The van der Waals surface area contributed by atoms with Crippen LogP contribution in [-0.2, 0) is 103 Å². The zero-order valence-electron chi connectivity index (χ0n) is 88.7. The Morgan fingerprint density at radius 2 is 0.305 bits per heavy atom. The highest BCUT2D eigenvalue weighted by Crippen LogP contribution is 2.46. The number of benzene rings is 8. The number of aliphatic hydroxyl groups is 4. The molecule has 16 bridgehead atoms. The summed E-state index contributed by atoms with van der Waals surface area (Å²) in [5, 5.41) is 40.7. The van der Waals surface area contributed by atoms with Gasteiger partial charge < -0.3 is 58.3 Å². The molecule has 0 saturated heterocycles. The van der Waals surface area contributed by atoms with Crippen molar-refractivity contribution in [1.29, 1.82) is 0 Å². The number of unbranched alkanes of at least 4 members (excludes halogenated alkanes) is 24. The van der Waals surface area contributed by atoms with Crippen molar-refractivity contribution in [1.82, 2.24) is 0 Å². The number of aryl methyl sites for hydroxylation is 4. The van der Waals surface area contributed by atoms with Crippen LogP contribution in [0.5, 0.6) is 46.0 Å². The fourth-order valence-corrected chi connectivity index (χ4v) is 20.3. The maximum absolute atomic E-state index is 10.2. The molecule has 0 spiro atoms. The van der Waals surface area contributed by atoms with Gasteiger partial charge >= 0.3 is 0 Å². The maximum Gasteiger partial charge on any atom is 0.126 e. The number of hydrogen-bond acceptors (Lipinski definition) is 12. The fourth-order valence-electron chi connectivity index (χ4n) is 20.3. The predicted molar refractivity (Wildman–Crippen MR) is 595 cm³/mol. The van der Waals surface area contributed by atoms with Crippen LogP contribution in [0.1, 0.15) is 427 Å². The number of aliphatic hydroxyl groups excluding tert-OH is 4. The molecule has 2 aliphatic rings. The van der Waals surface area contributed by atoms with E-state index in [9.17, 15) is 20.4 Å². The van der Waals surface area contributed by atoms with E-state index >= 15 is 0 Å². The number of rotatable bonds is 68. The standard InChI is InChI=1S/C64H96O8.C64H88O4.CH4/c1-5-9-13-17-33-69-61-53-37-49(25-21-29-65)38-54(61)46-56-40-51(27-23-31-67)42-58(63(56)71-35-19-15-11-7-3)48-60-44-52(28-24-32-68)43-59(64(60)72-36-20-16-12-8-4)47-57-41-50(26-22-30-66)39-55(45-53)62(57)70-34-18-14-10-6-2;1-9-17-21-25-33-65-61-53-37-49(29-13-5)38-54(61)46-56-40-51(31-15-7)42-58(63(56)67-35-27-23-19-11-3)48-60-44-52(32-16-8)43-59(64(60)68-36-28-24-20-12-4)47-57-41-50(30-14-6)39-55(45-53)62(57)66-34-26-22-18-10-2;/h37-44,65-68H,5-36,45-48H2,1-4H3;13-16,37-44H,5-12,17-36,45-48H2,1-4H3;1H4. The van der Waals surface area contributed by atoms with Gasteiger partial charge in [0.15, 0.2) is 0 Å². The molecule has 2 aliphatic carbocycles. The van der Waals surface area contributed by atoms with E-state index in [4.69, 9.17) is 37.9 Å². The van der Waals surface area contributed by atoms with Gasteiger partial charge in [-0.3, -0.25) is 0 Å². The highest BCUT2D eigenvalue weighted by Gasteiger charge is 2.29. The minimum atomic E-state index is 0. The van der Waals surface area contributed by atoms with Crippen LogP contribution in [0.15, 0.2) is 148 Å². The smallest absolute Gasteiger partial charge is 0.126 e. The Labute approximate surface area is 856 Å². The van der Waals surface area contributed by atoms with Crippen LogP contribution in [0, 0.1) is 0 Å². The van der Waals surface area contributed by atoms with Gasteiger partial charge in [-0.25, -0.2) is 0 Å². The molecule has 0 radical (unpaired) electrons. The first-order valence-corrected chi connectivity index (χ1v) is 55.9. The Morgan fingerprint density at radius 3 is 0.411 bits per heavy atom. The third kappa shape index (κ3) is 39.5. The van der Waals surface area contributed by atoms with E-state index in [0.29, 0.717) is 130 Å². The van der Waals surface area contributed by atoms with Gasteiger partial charge in [0, 0.05) is 77.8 Å². The molecule has 8 aromatic carbocycles. The lowest BCUT2D eigenvalue weighted by Gasteiger charge is -2.25. The largest absolute Gasteiger partial charge is 0.493 e. The van der Waals surface area contributed by atoms with Crippen molar-refractivity contribution < 1.29 is 58.3 Å². The van der Waals surface area contributed by atoms with Gasteiger partial charge in [-0.15, -0.1) is 26.3 Å². The molecule has 0 heterocycles. The molecule has 776 valence electrons. The lowest BCUT2D eigenvalue weighted by molar-refractivity contribution is 0.288. The maximum atomic E-state index is 10.2. The number of allylic oxidation sites excluding steroid dienone is 4. The van der Waals surface area contributed by atoms with Crippen LogP contribution in [-0.4, -0.2) is 99.7 Å². The second-order valence-corrected chi connectivity index (χ2v) is 39.9. The second-order valence-electron chi connectivity index (χ2n) is 39.9. The van der Waals surface area contributed by atoms with Gasteiger partial charge in [-0.1, -0.05) is 338 Å². The van der Waals surface area contributed by atoms with Crippen molar-refractivity contribution >= 4 is 0 Å². The molecule has 0 amide bonds. The summed E-state index contributed by atoms with van der Waals surface area (Å²) >= 11 is 0. The minimum absolute atomic E-state index is 0. The molecule has 4 N–H and O–H groups in total. The minimum Gasteiger partial charge on any atom is -0.493 e. The van der Waals surface area contributed by atoms with Gasteiger partial charge in [0.2, 0.25) is 0 Å². The predicted octanol–water partition coefficient (Wildman–Crippen LogP) is 31.6. The first-order valence-electron chi connectivity index (χ1n) is 55.9. The number of ether oxygens (including phenoxy) is 8. The summed E-state index contributed by atoms with van der Waals surface area (Å²) < 4.78 is 56.9. The summed E-state index contributed by atoms with van der Waals surface area (Å²) in [5.74, 6) is 7.68. The quantitative estimate of drug-likeness (QED) is 0.0212. The van der Waals surface area contributed by atoms with Gasteiger partial charge in [-0.2, -0.15) is 0 Å². The van der Waals surface area contributed by atoms with Crippen molar-refractivity contribution in [2.45, 2.75) is 397 Å². The molecule has 0 unspecified atom stereocenters. The molecular weight excluding hydrogens is 1740 g/mol. The van der Waals surface area contributed by atoms with E-state index in [0.717, 1.165) is 270 Å². The second kappa shape index (κ2) is 69.1. The molecule has 0 aromatic heterocycles. The van der Waals surface area contributed by atoms with Crippen LogP contribution in [0.2, 0.25) is 0 Å². The van der Waals surface area contributed by atoms with E-state index in [1.807, 2.05) is 24.3 Å². The Kier molecular flexibility index (Phi) is 57.4. The van der Waals surface area contributed by atoms with Crippen molar-refractivity contribution in [2.75, 3.05) is 79.3 Å². The Morgan fingerprint density at radius 1 is 0.184 bits per heavy atom. The van der Waals surface area contributed by atoms with E-state index < -0.39 is 0 Å². The summed E-state index contributed by atoms with van der Waals surface area (Å²) in [6, 6.07) is 37.6. The molecule has 0 aliphatic heterocycles. The Hall–Kier alpha value is -9.04. The Balaban J connectivity index is 0.000000343. The van der Waals surface area contributed by atoms with Gasteiger partial charge in [0.1, 0.15) is 46.0 Å². The van der Waals surface area contributed by atoms with Crippen LogP contribution in [0.4, 0.5) is 0 Å². The first kappa shape index (κ1) is 117. The lowest BCUT2D eigenvalue weighted by Crippen LogP contribution is -2.12. The Bertz CT molecular complexity index is 4150. The van der Waals surface area contributed by atoms with Crippen LogP contribution in [0.25, 0.3) is 0 Å². The van der Waals surface area contributed by atoms with Crippen LogP contribution in [0.3, 0.4) is 0 Å². The lowest BCUT2D eigenvalue weighted by atomic mass is 9.87. The first-order chi connectivity index (χ1) is 68.8. The molecular formula is C129H188O12. The van der Waals surface area contributed by atoms with E-state index in [2.05, 4.69) is 179 Å². The SMILES string of the molecule is C.C=CCc1cc2c(OCCCCCC)c(c1)Cc1cc(CC=C)cc(c1OCCCCCC)Cc1cc(CC=C)cc(c1OCCCCCC)Cc1cc(CC=C)cc(c1OCCCCCC)C2.CCCCCCOc1c2cc(CCCO)cc1Cc1cc(CCCO)cc(c1OCCCCCC)Cc1cc(CCCO)cc(c1OCCCCCC)Cc1cc(CCCO)cc(c1OCCCCCC)C2. The zero-order valence-corrected chi connectivity index (χ0v) is 88.7. The summed E-state index contributed by atoms with van der Waals surface area (Å²) in [4.78, 5) is 0. The third-order valence-electron chi connectivity index (χ3n) is 27.4. The monoisotopic (exact) mass is 1930 g/mol. The normalized spacial score (nSPS) is 12.1. The van der Waals surface area contributed by atoms with E-state index in [-0.39, 0.29) is 33.9 Å². The molecule has 0 atom stereocenters. The van der Waals surface area contributed by atoms with E-state index in [1.54, 1.807) is 0 Å². The van der Waals surface area contributed by atoms with Crippen molar-refractivity contribution in [3.63, 3.8) is 0 Å². The van der Waals surface area contributed by atoms with Crippen LogP contribution < -0.4 is 37.9 Å². The van der Waals surface area contributed by atoms with Crippen molar-refractivity contribution in [3.8, 4) is 46.0 Å². The van der Waals surface area contributed by atoms with Gasteiger partial charge in [0.05, 0.1) is 52.9 Å². The summed E-state index contributed by atoms with van der Waals surface area (Å²) in [5.41, 5.74) is 28.1. The summed E-state index contributed by atoms with van der Waals surface area (Å²) in [7, 11) is 0. The molecule has 12 heteroatoms. The fraction of sp³-hybridized carbons (Fsp3) is 0.566. The average molecular weight is 1930 g/mol. The molecule has 0 fully saturated rings. The number of hydrogen-bond donors (Lipinski definition) is 4. The number of fused-ring (bicyclic) bond motifs is 16. The summed E-state index contributed by atoms with van der Waals surface area (Å²) in [6.45, 7) is 40.5. The average Bonchev–Trinajstić information content (AvgIpc) is 0.772. The molecule has 0 saturated carbocycles. The highest BCUT2D eigenvalue weighted by atomic mass is 16.5. The van der Waals surface area contributed by atoms with Gasteiger partial charge in [-0.05, 0) is 262 Å². The highest BCUT2D eigenvalue weighted by molar-refractivity contribution is 5.62. The third-order valence-corrected chi connectivity index (χ3v) is 27.4. The van der Waals surface area contributed by atoms with Gasteiger partial charge in [0.25, 0.3) is 0 Å². The van der Waals surface area contributed by atoms with E-state index in [1.165, 1.54) is 166 Å². The van der Waals surface area contributed by atoms with Crippen LogP contribution >= 0.6 is 0 Å². The molecule has 8 aromatic rings. The van der Waals surface area contributed by atoms with Crippen molar-refractivity contribution in [2.24, 2.45) is 0 Å². The topological polar surface area (TPSA) is 155 Å². The zero-order chi connectivity index (χ0) is 99.5. The molecule has 10 rings (SSSR count). The molecule has 141 heavy (non-hydrogen) atoms. The van der Waals surface area contributed by atoms with Crippen molar-refractivity contribution in [3.05, 3.63) is 281 Å². The summed E-state index contributed by atoms with van der Waals surface area (Å²) in [6.07, 6.45) is 57.8. The molecule has 12 nitrogen and oxygen atoms in total.